The molecule has 0 bridgehead atoms. The van der Waals surface area contributed by atoms with Crippen molar-refractivity contribution in [2.75, 3.05) is 6.61 Å². The molecule has 1 aromatic rings. The molecule has 4 nitrogen and oxygen atoms in total. The Balaban J connectivity index is 2.27. The van der Waals surface area contributed by atoms with E-state index in [0.717, 1.165) is 12.8 Å². The molecule has 1 aliphatic rings. The van der Waals surface area contributed by atoms with Crippen molar-refractivity contribution in [3.05, 3.63) is 35.6 Å². The quantitative estimate of drug-likeness (QED) is 0.842. The van der Waals surface area contributed by atoms with Gasteiger partial charge in [0.1, 0.15) is 5.82 Å². The number of hydrogen-bond acceptors (Lipinski definition) is 3. The van der Waals surface area contributed by atoms with Gasteiger partial charge in [-0.2, -0.15) is 0 Å². The molecule has 5 heteroatoms. The van der Waals surface area contributed by atoms with Gasteiger partial charge >= 0.3 is 5.97 Å². The molecule has 1 saturated carbocycles. The molecule has 1 amide bonds. The number of nitrogens with two attached hydrogens (primary N) is 1. The summed E-state index contributed by atoms with van der Waals surface area (Å²) in [6.07, 6.45) is 2.96. The van der Waals surface area contributed by atoms with Crippen molar-refractivity contribution < 1.29 is 18.7 Å². The van der Waals surface area contributed by atoms with E-state index in [1.54, 1.807) is 12.1 Å². The fourth-order valence-electron chi connectivity index (χ4n) is 2.65. The number of halogens is 1. The molecule has 0 heterocycles. The van der Waals surface area contributed by atoms with Crippen molar-refractivity contribution in [1.82, 2.24) is 0 Å². The van der Waals surface area contributed by atoms with Gasteiger partial charge in [0.05, 0.1) is 5.41 Å². The van der Waals surface area contributed by atoms with Gasteiger partial charge in [0.15, 0.2) is 6.61 Å². The molecule has 1 aliphatic carbocycles. The maximum absolute atomic E-state index is 13.3. The van der Waals surface area contributed by atoms with Crippen molar-refractivity contribution in [2.45, 2.75) is 31.1 Å². The molecular weight excluding hydrogens is 249 g/mol. The first kappa shape index (κ1) is 13.5. The van der Waals surface area contributed by atoms with E-state index in [0.29, 0.717) is 18.4 Å². The van der Waals surface area contributed by atoms with Crippen LogP contribution in [0.2, 0.25) is 0 Å². The number of benzene rings is 1. The summed E-state index contributed by atoms with van der Waals surface area (Å²) in [7, 11) is 0. The number of rotatable bonds is 4. The van der Waals surface area contributed by atoms with Crippen molar-refractivity contribution >= 4 is 11.9 Å². The molecule has 102 valence electrons. The van der Waals surface area contributed by atoms with Gasteiger partial charge in [-0.25, -0.2) is 4.39 Å². The summed E-state index contributed by atoms with van der Waals surface area (Å²) in [6.45, 7) is -0.435. The van der Waals surface area contributed by atoms with E-state index in [1.165, 1.54) is 12.1 Å². The SMILES string of the molecule is NC(=O)COC(=O)C1(c2cccc(F)c2)CCCC1. The molecule has 0 aromatic heterocycles. The zero-order valence-electron chi connectivity index (χ0n) is 10.5. The van der Waals surface area contributed by atoms with Crippen LogP contribution in [0.4, 0.5) is 4.39 Å². The Kier molecular flexibility index (Phi) is 3.83. The molecule has 1 fully saturated rings. The minimum absolute atomic E-state index is 0.383. The monoisotopic (exact) mass is 265 g/mol. The van der Waals surface area contributed by atoms with Crippen molar-refractivity contribution in [2.24, 2.45) is 5.73 Å². The molecule has 0 unspecified atom stereocenters. The molecule has 2 rings (SSSR count). The fourth-order valence-corrected chi connectivity index (χ4v) is 2.65. The van der Waals surface area contributed by atoms with Crippen LogP contribution in [-0.2, 0) is 19.7 Å². The van der Waals surface area contributed by atoms with Crippen LogP contribution in [0.15, 0.2) is 24.3 Å². The van der Waals surface area contributed by atoms with E-state index < -0.39 is 23.9 Å². The van der Waals surface area contributed by atoms with Gasteiger partial charge in [0.25, 0.3) is 5.91 Å². The zero-order valence-corrected chi connectivity index (χ0v) is 10.5. The van der Waals surface area contributed by atoms with Crippen LogP contribution in [0.3, 0.4) is 0 Å². The number of ether oxygens (including phenoxy) is 1. The first-order valence-electron chi connectivity index (χ1n) is 6.26. The van der Waals surface area contributed by atoms with Crippen molar-refractivity contribution in [3.8, 4) is 0 Å². The molecule has 0 saturated heterocycles. The minimum Gasteiger partial charge on any atom is -0.455 e. The Labute approximate surface area is 110 Å². The normalized spacial score (nSPS) is 17.1. The Morgan fingerprint density at radius 3 is 2.58 bits per heavy atom. The summed E-state index contributed by atoms with van der Waals surface area (Å²) in [6, 6.07) is 5.99. The van der Waals surface area contributed by atoms with Gasteiger partial charge in [0.2, 0.25) is 0 Å². The molecular formula is C14H16FNO3. The van der Waals surface area contributed by atoms with Crippen LogP contribution in [0.25, 0.3) is 0 Å². The average Bonchev–Trinajstić information content (AvgIpc) is 2.86. The maximum Gasteiger partial charge on any atom is 0.317 e. The van der Waals surface area contributed by atoms with E-state index in [9.17, 15) is 14.0 Å². The number of hydrogen-bond donors (Lipinski definition) is 1. The standard InChI is InChI=1S/C14H16FNO3/c15-11-5-3-4-10(8-11)14(6-1-2-7-14)13(18)19-9-12(16)17/h3-5,8H,1-2,6-7,9H2,(H2,16,17). The summed E-state index contributed by atoms with van der Waals surface area (Å²) >= 11 is 0. The third-order valence-corrected chi connectivity index (χ3v) is 3.57. The Bertz CT molecular complexity index is 495. The van der Waals surface area contributed by atoms with Crippen LogP contribution in [0, 0.1) is 5.82 Å². The van der Waals surface area contributed by atoms with E-state index in [-0.39, 0.29) is 5.82 Å². The summed E-state index contributed by atoms with van der Waals surface area (Å²) in [5, 5.41) is 0. The van der Waals surface area contributed by atoms with Gasteiger partial charge in [0, 0.05) is 0 Å². The van der Waals surface area contributed by atoms with Gasteiger partial charge in [-0.05, 0) is 30.5 Å². The predicted molar refractivity (Wildman–Crippen MR) is 66.7 cm³/mol. The summed E-state index contributed by atoms with van der Waals surface area (Å²) < 4.78 is 18.3. The number of carbonyl (C=O) groups is 2. The van der Waals surface area contributed by atoms with Crippen LogP contribution in [0.5, 0.6) is 0 Å². The molecule has 0 radical (unpaired) electrons. The van der Waals surface area contributed by atoms with Gasteiger partial charge in [-0.1, -0.05) is 25.0 Å². The lowest BCUT2D eigenvalue weighted by atomic mass is 9.79. The lowest BCUT2D eigenvalue weighted by Crippen LogP contribution is -2.36. The van der Waals surface area contributed by atoms with E-state index in [4.69, 9.17) is 10.5 Å². The molecule has 2 N–H and O–H groups in total. The highest BCUT2D eigenvalue weighted by Crippen LogP contribution is 2.42. The van der Waals surface area contributed by atoms with Gasteiger partial charge < -0.3 is 10.5 Å². The minimum atomic E-state index is -0.836. The average molecular weight is 265 g/mol. The Hall–Kier alpha value is -1.91. The highest BCUT2D eigenvalue weighted by molar-refractivity contribution is 5.86. The third kappa shape index (κ3) is 2.75. The molecule has 1 aromatic carbocycles. The van der Waals surface area contributed by atoms with Crippen LogP contribution < -0.4 is 5.73 Å². The van der Waals surface area contributed by atoms with E-state index in [1.807, 2.05) is 0 Å². The summed E-state index contributed by atoms with van der Waals surface area (Å²) in [5.74, 6) is -1.57. The predicted octanol–water partition coefficient (Wildman–Crippen LogP) is 1.67. The highest BCUT2D eigenvalue weighted by atomic mass is 19.1. The van der Waals surface area contributed by atoms with Gasteiger partial charge in [-0.3, -0.25) is 9.59 Å². The number of primary amides is 1. The second-order valence-electron chi connectivity index (χ2n) is 4.84. The van der Waals surface area contributed by atoms with Crippen LogP contribution in [-0.4, -0.2) is 18.5 Å². The van der Waals surface area contributed by atoms with Crippen molar-refractivity contribution in [1.29, 1.82) is 0 Å². The molecule has 0 atom stereocenters. The fraction of sp³-hybridized carbons (Fsp3) is 0.429. The van der Waals surface area contributed by atoms with Crippen molar-refractivity contribution in [3.63, 3.8) is 0 Å². The number of esters is 1. The zero-order chi connectivity index (χ0) is 13.9. The molecule has 19 heavy (non-hydrogen) atoms. The Morgan fingerprint density at radius 1 is 1.32 bits per heavy atom. The molecule has 0 spiro atoms. The molecule has 0 aliphatic heterocycles. The second kappa shape index (κ2) is 5.38. The van der Waals surface area contributed by atoms with E-state index >= 15 is 0 Å². The third-order valence-electron chi connectivity index (χ3n) is 3.57. The van der Waals surface area contributed by atoms with E-state index in [2.05, 4.69) is 0 Å². The topological polar surface area (TPSA) is 69.4 Å². The smallest absolute Gasteiger partial charge is 0.317 e. The lowest BCUT2D eigenvalue weighted by Gasteiger charge is -2.27. The largest absolute Gasteiger partial charge is 0.455 e. The van der Waals surface area contributed by atoms with Crippen LogP contribution >= 0.6 is 0 Å². The number of carbonyl (C=O) groups excluding carboxylic acids is 2. The second-order valence-corrected chi connectivity index (χ2v) is 4.84. The van der Waals surface area contributed by atoms with Crippen LogP contribution in [0.1, 0.15) is 31.2 Å². The Morgan fingerprint density at radius 2 is 2.00 bits per heavy atom. The first-order valence-corrected chi connectivity index (χ1v) is 6.26. The maximum atomic E-state index is 13.3. The van der Waals surface area contributed by atoms with Gasteiger partial charge in [-0.15, -0.1) is 0 Å². The first-order chi connectivity index (χ1) is 9.04. The highest BCUT2D eigenvalue weighted by Gasteiger charge is 2.44. The number of amides is 1. The summed E-state index contributed by atoms with van der Waals surface area (Å²) in [5.41, 5.74) is 4.74. The summed E-state index contributed by atoms with van der Waals surface area (Å²) in [4.78, 5) is 22.9. The lowest BCUT2D eigenvalue weighted by molar-refractivity contribution is -0.153.